The van der Waals surface area contributed by atoms with Crippen LogP contribution in [-0.2, 0) is 4.79 Å². The molecule has 3 nitrogen and oxygen atoms in total. The van der Waals surface area contributed by atoms with Gasteiger partial charge in [-0.3, -0.25) is 4.79 Å². The van der Waals surface area contributed by atoms with Gasteiger partial charge in [-0.1, -0.05) is 23.7 Å². The van der Waals surface area contributed by atoms with Gasteiger partial charge in [0.15, 0.2) is 0 Å². The molecule has 1 aromatic carbocycles. The molecule has 18 heavy (non-hydrogen) atoms. The van der Waals surface area contributed by atoms with Crippen LogP contribution in [-0.4, -0.2) is 18.0 Å². The first-order valence-corrected chi connectivity index (χ1v) is 6.01. The highest BCUT2D eigenvalue weighted by Gasteiger charge is 2.23. The zero-order chi connectivity index (χ0) is 13.1. The van der Waals surface area contributed by atoms with Crippen molar-refractivity contribution in [1.82, 2.24) is 5.32 Å². The van der Waals surface area contributed by atoms with Crippen molar-refractivity contribution in [3.05, 3.63) is 34.9 Å². The van der Waals surface area contributed by atoms with Gasteiger partial charge in [0.1, 0.15) is 0 Å². The number of halogens is 2. The second-order valence-electron chi connectivity index (χ2n) is 4.85. The predicted octanol–water partition coefficient (Wildman–Crippen LogP) is 2.72. The van der Waals surface area contributed by atoms with Gasteiger partial charge in [-0.15, -0.1) is 12.4 Å². The summed E-state index contributed by atoms with van der Waals surface area (Å²) in [4.78, 5) is 12.0. The van der Waals surface area contributed by atoms with Gasteiger partial charge in [0.25, 0.3) is 0 Å². The fourth-order valence-corrected chi connectivity index (χ4v) is 1.62. The van der Waals surface area contributed by atoms with Crippen LogP contribution in [0, 0.1) is 0 Å². The van der Waals surface area contributed by atoms with Crippen molar-refractivity contribution in [1.29, 1.82) is 0 Å². The molecule has 0 fully saturated rings. The molecule has 0 heterocycles. The van der Waals surface area contributed by atoms with E-state index in [1.165, 1.54) is 0 Å². The Morgan fingerprint density at radius 3 is 2.61 bits per heavy atom. The second-order valence-corrected chi connectivity index (χ2v) is 5.29. The lowest BCUT2D eigenvalue weighted by atomic mass is 9.98. The molecule has 1 rings (SSSR count). The minimum absolute atomic E-state index is 0. The highest BCUT2D eigenvalue weighted by Crippen LogP contribution is 2.20. The maximum Gasteiger partial charge on any atom is 0.227 e. The molecule has 1 amide bonds. The van der Waals surface area contributed by atoms with Gasteiger partial charge in [-0.05, 0) is 38.5 Å². The summed E-state index contributed by atoms with van der Waals surface area (Å²) in [6, 6.07) is 7.34. The molecule has 3 N–H and O–H groups in total. The minimum Gasteiger partial charge on any atom is -0.349 e. The van der Waals surface area contributed by atoms with Crippen LogP contribution in [0.3, 0.4) is 0 Å². The van der Waals surface area contributed by atoms with Gasteiger partial charge in [0, 0.05) is 17.1 Å². The van der Waals surface area contributed by atoms with Crippen molar-refractivity contribution >= 4 is 29.9 Å². The zero-order valence-corrected chi connectivity index (χ0v) is 12.4. The van der Waals surface area contributed by atoms with E-state index in [0.717, 1.165) is 5.56 Å². The van der Waals surface area contributed by atoms with Crippen LogP contribution in [0.1, 0.15) is 32.3 Å². The van der Waals surface area contributed by atoms with Crippen LogP contribution in [0.2, 0.25) is 5.02 Å². The van der Waals surface area contributed by atoms with Crippen molar-refractivity contribution in [3.8, 4) is 0 Å². The van der Waals surface area contributed by atoms with Crippen molar-refractivity contribution < 1.29 is 4.79 Å². The molecule has 0 aliphatic heterocycles. The molecule has 0 aromatic heterocycles. The number of nitrogens with two attached hydrogens (primary N) is 1. The van der Waals surface area contributed by atoms with Crippen LogP contribution < -0.4 is 11.1 Å². The Morgan fingerprint density at radius 2 is 2.11 bits per heavy atom. The second kappa shape index (κ2) is 6.98. The van der Waals surface area contributed by atoms with Gasteiger partial charge in [0.2, 0.25) is 5.91 Å². The summed E-state index contributed by atoms with van der Waals surface area (Å²) < 4.78 is 0. The molecular weight excluding hydrogens is 271 g/mol. The number of hydrogen-bond donors (Lipinski definition) is 2. The Kier molecular flexibility index (Phi) is 6.68. The molecule has 1 unspecified atom stereocenters. The SMILES string of the molecule is CC(C(=O)NC(C)(C)CN)c1cccc(Cl)c1.Cl. The molecule has 1 atom stereocenters. The number of amides is 1. The molecule has 0 aliphatic carbocycles. The Hall–Kier alpha value is -0.770. The quantitative estimate of drug-likeness (QED) is 0.896. The summed E-state index contributed by atoms with van der Waals surface area (Å²) >= 11 is 5.90. The van der Waals surface area contributed by atoms with E-state index in [0.29, 0.717) is 11.6 Å². The summed E-state index contributed by atoms with van der Waals surface area (Å²) in [7, 11) is 0. The summed E-state index contributed by atoms with van der Waals surface area (Å²) in [5.41, 5.74) is 6.10. The van der Waals surface area contributed by atoms with E-state index in [9.17, 15) is 4.79 Å². The number of carbonyl (C=O) groups excluding carboxylic acids is 1. The van der Waals surface area contributed by atoms with Gasteiger partial charge < -0.3 is 11.1 Å². The van der Waals surface area contributed by atoms with Crippen molar-refractivity contribution in [2.24, 2.45) is 5.73 Å². The fraction of sp³-hybridized carbons (Fsp3) is 0.462. The summed E-state index contributed by atoms with van der Waals surface area (Å²) in [5.74, 6) is -0.276. The summed E-state index contributed by atoms with van der Waals surface area (Å²) in [6.45, 7) is 6.06. The highest BCUT2D eigenvalue weighted by molar-refractivity contribution is 6.30. The normalized spacial score (nSPS) is 12.5. The summed E-state index contributed by atoms with van der Waals surface area (Å²) in [6.07, 6.45) is 0. The van der Waals surface area contributed by atoms with Gasteiger partial charge >= 0.3 is 0 Å². The predicted molar refractivity (Wildman–Crippen MR) is 78.4 cm³/mol. The monoisotopic (exact) mass is 290 g/mol. The number of hydrogen-bond acceptors (Lipinski definition) is 2. The largest absolute Gasteiger partial charge is 0.349 e. The lowest BCUT2D eigenvalue weighted by molar-refractivity contribution is -0.123. The fourth-order valence-electron chi connectivity index (χ4n) is 1.42. The molecule has 0 saturated carbocycles. The van der Waals surface area contributed by atoms with E-state index in [1.54, 1.807) is 12.1 Å². The first-order valence-electron chi connectivity index (χ1n) is 5.63. The average Bonchev–Trinajstić information content (AvgIpc) is 2.27. The van der Waals surface area contributed by atoms with E-state index in [1.807, 2.05) is 32.9 Å². The highest BCUT2D eigenvalue weighted by atomic mass is 35.5. The third-order valence-electron chi connectivity index (χ3n) is 2.71. The van der Waals surface area contributed by atoms with Crippen LogP contribution in [0.15, 0.2) is 24.3 Å². The molecule has 102 valence electrons. The maximum atomic E-state index is 12.0. The molecule has 0 aliphatic rings. The van der Waals surface area contributed by atoms with Crippen LogP contribution in [0.4, 0.5) is 0 Å². The lowest BCUT2D eigenvalue weighted by Gasteiger charge is -2.26. The third-order valence-corrected chi connectivity index (χ3v) is 2.95. The Bertz CT molecular complexity index is 408. The lowest BCUT2D eigenvalue weighted by Crippen LogP contribution is -2.50. The van der Waals surface area contributed by atoms with E-state index in [-0.39, 0.29) is 29.8 Å². The van der Waals surface area contributed by atoms with Gasteiger partial charge in [-0.25, -0.2) is 0 Å². The van der Waals surface area contributed by atoms with E-state index in [4.69, 9.17) is 17.3 Å². The Labute approximate surface area is 119 Å². The minimum atomic E-state index is -0.385. The Morgan fingerprint density at radius 1 is 1.50 bits per heavy atom. The first-order chi connectivity index (χ1) is 7.85. The molecule has 0 radical (unpaired) electrons. The van der Waals surface area contributed by atoms with Crippen LogP contribution in [0.5, 0.6) is 0 Å². The average molecular weight is 291 g/mol. The molecular formula is C13H20Cl2N2O. The van der Waals surface area contributed by atoms with Crippen LogP contribution >= 0.6 is 24.0 Å². The van der Waals surface area contributed by atoms with Gasteiger partial charge in [-0.2, -0.15) is 0 Å². The van der Waals surface area contributed by atoms with Crippen molar-refractivity contribution in [3.63, 3.8) is 0 Å². The summed E-state index contributed by atoms with van der Waals surface area (Å²) in [5, 5.41) is 3.56. The van der Waals surface area contributed by atoms with E-state index in [2.05, 4.69) is 5.32 Å². The first kappa shape index (κ1) is 17.2. The standard InChI is InChI=1S/C13H19ClN2O.ClH/c1-9(10-5-4-6-11(14)7-10)12(17)16-13(2,3)8-15;/h4-7,9H,8,15H2,1-3H3,(H,16,17);1H. The smallest absolute Gasteiger partial charge is 0.227 e. The maximum absolute atomic E-state index is 12.0. The Balaban J connectivity index is 0.00000289. The molecule has 5 heteroatoms. The molecule has 0 bridgehead atoms. The van der Waals surface area contributed by atoms with Crippen molar-refractivity contribution in [2.75, 3.05) is 6.54 Å². The van der Waals surface area contributed by atoms with E-state index >= 15 is 0 Å². The van der Waals surface area contributed by atoms with E-state index < -0.39 is 0 Å². The number of benzene rings is 1. The zero-order valence-electron chi connectivity index (χ0n) is 10.9. The third kappa shape index (κ3) is 4.84. The topological polar surface area (TPSA) is 55.1 Å². The molecule has 0 saturated heterocycles. The molecule has 0 spiro atoms. The van der Waals surface area contributed by atoms with Gasteiger partial charge in [0.05, 0.1) is 5.92 Å². The number of carbonyl (C=O) groups is 1. The number of nitrogens with one attached hydrogen (secondary N) is 1. The number of rotatable bonds is 4. The molecule has 1 aromatic rings. The van der Waals surface area contributed by atoms with Crippen LogP contribution in [0.25, 0.3) is 0 Å². The van der Waals surface area contributed by atoms with Crippen molar-refractivity contribution in [2.45, 2.75) is 32.2 Å².